The molecule has 0 aromatic heterocycles. The third-order valence-corrected chi connectivity index (χ3v) is 6.13. The van der Waals surface area contributed by atoms with Crippen molar-refractivity contribution in [3.8, 4) is 16.9 Å². The van der Waals surface area contributed by atoms with E-state index in [0.29, 0.717) is 16.9 Å². The summed E-state index contributed by atoms with van der Waals surface area (Å²) in [5, 5.41) is 0. The van der Waals surface area contributed by atoms with Crippen molar-refractivity contribution in [2.24, 2.45) is 0 Å². The molecular formula is C27H28F4O3. The zero-order valence-corrected chi connectivity index (χ0v) is 19.3. The van der Waals surface area contributed by atoms with Crippen molar-refractivity contribution in [2.75, 3.05) is 20.8 Å². The zero-order valence-electron chi connectivity index (χ0n) is 19.3. The maximum Gasteiger partial charge on any atom is 0.200 e. The Hall–Kier alpha value is -3.06. The van der Waals surface area contributed by atoms with Gasteiger partial charge < -0.3 is 14.2 Å². The van der Waals surface area contributed by atoms with Crippen LogP contribution in [0.15, 0.2) is 72.5 Å². The number of allylic oxidation sites excluding steroid dienone is 1. The molecule has 2 aromatic carbocycles. The van der Waals surface area contributed by atoms with E-state index < -0.39 is 29.0 Å². The summed E-state index contributed by atoms with van der Waals surface area (Å²) >= 11 is 0. The monoisotopic (exact) mass is 476 g/mol. The van der Waals surface area contributed by atoms with Crippen molar-refractivity contribution in [1.29, 1.82) is 0 Å². The van der Waals surface area contributed by atoms with E-state index >= 15 is 0 Å². The van der Waals surface area contributed by atoms with Gasteiger partial charge in [0, 0.05) is 18.2 Å². The minimum Gasteiger partial charge on any atom is -0.494 e. The van der Waals surface area contributed by atoms with Gasteiger partial charge in [0.1, 0.15) is 18.1 Å². The van der Waals surface area contributed by atoms with Gasteiger partial charge in [0.15, 0.2) is 23.3 Å². The van der Waals surface area contributed by atoms with E-state index in [-0.39, 0.29) is 29.8 Å². The molecule has 1 aliphatic rings. The summed E-state index contributed by atoms with van der Waals surface area (Å²) in [5.74, 6) is -4.33. The molecule has 0 N–H and O–H groups in total. The molecule has 2 aromatic rings. The van der Waals surface area contributed by atoms with Crippen LogP contribution < -0.4 is 4.74 Å². The van der Waals surface area contributed by atoms with Crippen molar-refractivity contribution in [2.45, 2.75) is 37.7 Å². The second kappa shape index (κ2) is 11.4. The molecule has 0 aliphatic heterocycles. The topological polar surface area (TPSA) is 27.7 Å². The number of ether oxygens (including phenoxy) is 3. The van der Waals surface area contributed by atoms with Gasteiger partial charge >= 0.3 is 0 Å². The van der Waals surface area contributed by atoms with Crippen LogP contribution in [-0.4, -0.2) is 26.9 Å². The molecule has 0 heterocycles. The summed E-state index contributed by atoms with van der Waals surface area (Å²) in [6, 6.07) is 9.44. The van der Waals surface area contributed by atoms with Crippen molar-refractivity contribution in [3.63, 3.8) is 0 Å². The van der Waals surface area contributed by atoms with Gasteiger partial charge in [-0.25, -0.2) is 13.2 Å². The number of hydrogen-bond donors (Lipinski definition) is 0. The predicted octanol–water partition coefficient (Wildman–Crippen LogP) is 7.55. The van der Waals surface area contributed by atoms with Gasteiger partial charge in [-0.3, -0.25) is 0 Å². The highest BCUT2D eigenvalue weighted by molar-refractivity contribution is 5.65. The quantitative estimate of drug-likeness (QED) is 0.212. The van der Waals surface area contributed by atoms with Gasteiger partial charge in [-0.05, 0) is 54.9 Å². The lowest BCUT2D eigenvalue weighted by Gasteiger charge is -2.28. The van der Waals surface area contributed by atoms with Crippen LogP contribution in [0.1, 0.15) is 37.2 Å². The molecule has 0 amide bonds. The Bertz CT molecular complexity index is 1070. The molecule has 0 atom stereocenters. The van der Waals surface area contributed by atoms with Crippen LogP contribution in [0, 0.1) is 11.6 Å². The van der Waals surface area contributed by atoms with Crippen LogP contribution in [0.25, 0.3) is 11.1 Å². The first-order valence-corrected chi connectivity index (χ1v) is 11.0. The summed E-state index contributed by atoms with van der Waals surface area (Å²) in [6.45, 7) is 6.38. The fourth-order valence-corrected chi connectivity index (χ4v) is 4.04. The number of hydrogen-bond acceptors (Lipinski definition) is 3. The Balaban J connectivity index is 1.68. The molecule has 182 valence electrons. The van der Waals surface area contributed by atoms with Crippen LogP contribution >= 0.6 is 0 Å². The van der Waals surface area contributed by atoms with Gasteiger partial charge in [-0.2, -0.15) is 4.39 Å². The maximum absolute atomic E-state index is 14.9. The lowest BCUT2D eigenvalue weighted by atomic mass is 9.82. The molecule has 1 saturated carbocycles. The molecule has 0 bridgehead atoms. The van der Waals surface area contributed by atoms with E-state index in [2.05, 4.69) is 17.9 Å². The van der Waals surface area contributed by atoms with Crippen molar-refractivity contribution >= 4 is 0 Å². The molecular weight excluding hydrogens is 448 g/mol. The van der Waals surface area contributed by atoms with Crippen LogP contribution in [0.2, 0.25) is 0 Å². The Morgan fingerprint density at radius 1 is 0.882 bits per heavy atom. The third kappa shape index (κ3) is 5.70. The van der Waals surface area contributed by atoms with Crippen molar-refractivity contribution < 1.29 is 31.8 Å². The Morgan fingerprint density at radius 2 is 1.53 bits per heavy atom. The third-order valence-electron chi connectivity index (χ3n) is 6.13. The van der Waals surface area contributed by atoms with Crippen molar-refractivity contribution in [1.82, 2.24) is 0 Å². The van der Waals surface area contributed by atoms with Gasteiger partial charge in [-0.15, -0.1) is 0 Å². The first-order chi connectivity index (χ1) is 16.3. The molecule has 0 radical (unpaired) electrons. The summed E-state index contributed by atoms with van der Waals surface area (Å²) in [7, 11) is 2.84. The fraction of sp³-hybridized carbons (Fsp3) is 0.333. The van der Waals surface area contributed by atoms with Gasteiger partial charge in [0.25, 0.3) is 0 Å². The Morgan fingerprint density at radius 3 is 2.12 bits per heavy atom. The molecule has 3 rings (SSSR count). The molecule has 0 unspecified atom stereocenters. The molecule has 34 heavy (non-hydrogen) atoms. The highest BCUT2D eigenvalue weighted by Crippen LogP contribution is 2.38. The summed E-state index contributed by atoms with van der Waals surface area (Å²) in [6.07, 6.45) is 3.34. The predicted molar refractivity (Wildman–Crippen MR) is 124 cm³/mol. The van der Waals surface area contributed by atoms with Crippen LogP contribution in [0.3, 0.4) is 0 Å². The van der Waals surface area contributed by atoms with E-state index in [1.807, 2.05) is 0 Å². The number of halogens is 4. The molecule has 3 nitrogen and oxygen atoms in total. The number of rotatable bonds is 9. The van der Waals surface area contributed by atoms with Crippen LogP contribution in [-0.2, 0) is 9.47 Å². The second-order valence-electron chi connectivity index (χ2n) is 8.21. The summed E-state index contributed by atoms with van der Waals surface area (Å²) in [5.41, 5.74) is 0.762. The smallest absolute Gasteiger partial charge is 0.200 e. The standard InChI is InChI=1S/C27H28F4O3/c1-16(24(28)25(29)17(2)32-3)15-34-21-11-7-19(8-12-21)23-14-13-22(26(30)27(23)31)18-5-9-20(33-4)10-6-18/h7-8,11-14,18,20H,1-2,5-6,9-10,15H2,3-4H3/b25-24-. The number of methoxy groups -OCH3 is 2. The largest absolute Gasteiger partial charge is 0.494 e. The summed E-state index contributed by atoms with van der Waals surface area (Å²) < 4.78 is 72.9. The highest BCUT2D eigenvalue weighted by atomic mass is 19.2. The minimum atomic E-state index is -1.25. The molecule has 7 heteroatoms. The minimum absolute atomic E-state index is 0.0286. The zero-order chi connectivity index (χ0) is 24.8. The van der Waals surface area contributed by atoms with E-state index in [1.54, 1.807) is 31.4 Å². The average Bonchev–Trinajstić information content (AvgIpc) is 2.88. The Labute approximate surface area is 197 Å². The SMILES string of the molecule is C=C(COc1ccc(-c2ccc(C3CCC(OC)CC3)c(F)c2F)cc1)/C(F)=C(/F)C(=C)OC. The van der Waals surface area contributed by atoms with Crippen molar-refractivity contribution in [3.05, 3.63) is 89.7 Å². The van der Waals surface area contributed by atoms with E-state index in [4.69, 9.17) is 9.47 Å². The second-order valence-corrected chi connectivity index (χ2v) is 8.21. The first kappa shape index (κ1) is 25.6. The normalized spacial score (nSPS) is 18.8. The molecule has 0 saturated heterocycles. The molecule has 1 aliphatic carbocycles. The lowest BCUT2D eigenvalue weighted by molar-refractivity contribution is 0.0655. The van der Waals surface area contributed by atoms with E-state index in [1.165, 1.54) is 19.2 Å². The van der Waals surface area contributed by atoms with E-state index in [9.17, 15) is 17.6 Å². The fourth-order valence-electron chi connectivity index (χ4n) is 4.04. The average molecular weight is 477 g/mol. The van der Waals surface area contributed by atoms with Gasteiger partial charge in [0.2, 0.25) is 0 Å². The van der Waals surface area contributed by atoms with Crippen LogP contribution in [0.4, 0.5) is 17.6 Å². The van der Waals surface area contributed by atoms with Gasteiger partial charge in [0.05, 0.1) is 13.2 Å². The lowest BCUT2D eigenvalue weighted by Crippen LogP contribution is -2.20. The highest BCUT2D eigenvalue weighted by Gasteiger charge is 2.26. The van der Waals surface area contributed by atoms with E-state index in [0.717, 1.165) is 25.7 Å². The first-order valence-electron chi connectivity index (χ1n) is 11.0. The summed E-state index contributed by atoms with van der Waals surface area (Å²) in [4.78, 5) is 0. The maximum atomic E-state index is 14.9. The number of benzene rings is 2. The van der Waals surface area contributed by atoms with Crippen LogP contribution in [0.5, 0.6) is 5.75 Å². The molecule has 1 fully saturated rings. The van der Waals surface area contributed by atoms with Gasteiger partial charge in [-0.1, -0.05) is 37.4 Å². The Kier molecular flexibility index (Phi) is 8.56. The molecule has 0 spiro atoms.